The van der Waals surface area contributed by atoms with Crippen molar-refractivity contribution in [2.45, 2.75) is 44.1 Å². The van der Waals surface area contributed by atoms with E-state index >= 15 is 0 Å². The van der Waals surface area contributed by atoms with Crippen LogP contribution in [-0.4, -0.2) is 36.2 Å². The number of aromatic nitrogens is 1. The highest BCUT2D eigenvalue weighted by molar-refractivity contribution is 7.90. The summed E-state index contributed by atoms with van der Waals surface area (Å²) in [4.78, 5) is 2.49. The number of thiophene rings is 1. The lowest BCUT2D eigenvalue weighted by Crippen LogP contribution is -2.32. The number of nitrogens with zero attached hydrogens (tertiary/aromatic N) is 2. The third-order valence-electron chi connectivity index (χ3n) is 5.09. The minimum atomic E-state index is -3.07. The van der Waals surface area contributed by atoms with Gasteiger partial charge in [-0.05, 0) is 59.7 Å². The van der Waals surface area contributed by atoms with Crippen LogP contribution < -0.4 is 4.72 Å². The fourth-order valence-electron chi connectivity index (χ4n) is 3.61. The Labute approximate surface area is 153 Å². The van der Waals surface area contributed by atoms with Gasteiger partial charge in [0.15, 0.2) is 0 Å². The molecule has 2 aromatic rings. The molecule has 1 fully saturated rings. The lowest BCUT2D eigenvalue weighted by Gasteiger charge is -2.23. The number of sulfonamides is 1. The van der Waals surface area contributed by atoms with Crippen LogP contribution in [0.5, 0.6) is 0 Å². The maximum absolute atomic E-state index is 12.0. The molecule has 1 aliphatic carbocycles. The second-order valence-electron chi connectivity index (χ2n) is 7.25. The van der Waals surface area contributed by atoms with E-state index in [1.54, 1.807) is 11.3 Å². The Morgan fingerprint density at radius 2 is 2.12 bits per heavy atom. The topological polar surface area (TPSA) is 54.3 Å². The lowest BCUT2D eigenvalue weighted by molar-refractivity contribution is 0.216. The molecule has 0 unspecified atom stereocenters. The number of hydrogen-bond acceptors (Lipinski definition) is 4. The molecule has 1 N–H and O–H groups in total. The SMILES string of the molecule is O=S(=O)(NCC[C@H]1CN(Cc2ccsc2)Cc2cccn2C1)C1CC1. The third kappa shape index (κ3) is 4.34. The first-order valence-corrected chi connectivity index (χ1v) is 11.4. The number of nitrogens with one attached hydrogen (secondary N) is 1. The molecule has 4 rings (SSSR count). The van der Waals surface area contributed by atoms with Gasteiger partial charge in [-0.15, -0.1) is 0 Å². The molecule has 2 aliphatic rings. The highest BCUT2D eigenvalue weighted by Crippen LogP contribution is 2.27. The van der Waals surface area contributed by atoms with Crippen molar-refractivity contribution < 1.29 is 8.42 Å². The van der Waals surface area contributed by atoms with Gasteiger partial charge in [0, 0.05) is 44.6 Å². The van der Waals surface area contributed by atoms with Gasteiger partial charge >= 0.3 is 0 Å². The standard InChI is InChI=1S/C18H25N3O2S2/c22-25(23,18-3-4-18)19-7-5-15-10-20(11-16-6-9-24-14-16)13-17-2-1-8-21(17)12-15/h1-2,6,8-9,14-15,18-19H,3-5,7,10-13H2/t15-/m0/s1. The summed E-state index contributed by atoms with van der Waals surface area (Å²) in [6.45, 7) is 4.43. The van der Waals surface area contributed by atoms with E-state index < -0.39 is 10.0 Å². The average Bonchev–Trinajstić information content (AvgIpc) is 3.22. The maximum atomic E-state index is 12.0. The predicted octanol–water partition coefficient (Wildman–Crippen LogP) is 2.65. The van der Waals surface area contributed by atoms with E-state index in [9.17, 15) is 8.42 Å². The zero-order valence-corrected chi connectivity index (χ0v) is 15.9. The quantitative estimate of drug-likeness (QED) is 0.805. The zero-order chi connectivity index (χ0) is 17.3. The molecule has 7 heteroatoms. The van der Waals surface area contributed by atoms with Crippen molar-refractivity contribution in [2.75, 3.05) is 13.1 Å². The van der Waals surface area contributed by atoms with Crippen molar-refractivity contribution in [3.63, 3.8) is 0 Å². The van der Waals surface area contributed by atoms with Crippen LogP contribution >= 0.6 is 11.3 Å². The Hall–Kier alpha value is -1.15. The normalized spacial score (nSPS) is 21.8. The average molecular weight is 380 g/mol. The molecule has 1 saturated carbocycles. The van der Waals surface area contributed by atoms with Crippen molar-refractivity contribution in [3.8, 4) is 0 Å². The number of hydrogen-bond donors (Lipinski definition) is 1. The van der Waals surface area contributed by atoms with Crippen molar-refractivity contribution in [1.29, 1.82) is 0 Å². The maximum Gasteiger partial charge on any atom is 0.214 e. The molecule has 0 spiro atoms. The van der Waals surface area contributed by atoms with E-state index in [1.165, 1.54) is 11.3 Å². The van der Waals surface area contributed by atoms with Gasteiger partial charge in [-0.3, -0.25) is 4.90 Å². The zero-order valence-electron chi connectivity index (χ0n) is 14.3. The van der Waals surface area contributed by atoms with Gasteiger partial charge in [0.25, 0.3) is 0 Å². The van der Waals surface area contributed by atoms with Crippen LogP contribution in [0.25, 0.3) is 0 Å². The fourth-order valence-corrected chi connectivity index (χ4v) is 5.67. The van der Waals surface area contributed by atoms with Crippen LogP contribution in [-0.2, 0) is 29.7 Å². The first-order valence-electron chi connectivity index (χ1n) is 8.96. The second-order valence-corrected chi connectivity index (χ2v) is 10.1. The summed E-state index contributed by atoms with van der Waals surface area (Å²) < 4.78 is 29.2. The number of fused-ring (bicyclic) bond motifs is 1. The molecular formula is C18H25N3O2S2. The van der Waals surface area contributed by atoms with Gasteiger partial charge in [-0.2, -0.15) is 11.3 Å². The smallest absolute Gasteiger partial charge is 0.214 e. The molecule has 0 radical (unpaired) electrons. The molecule has 0 saturated heterocycles. The third-order valence-corrected chi connectivity index (χ3v) is 7.77. The van der Waals surface area contributed by atoms with Gasteiger partial charge in [0.05, 0.1) is 5.25 Å². The van der Waals surface area contributed by atoms with Gasteiger partial charge < -0.3 is 4.57 Å². The monoisotopic (exact) mass is 379 g/mol. The predicted molar refractivity (Wildman–Crippen MR) is 101 cm³/mol. The molecule has 2 aromatic heterocycles. The van der Waals surface area contributed by atoms with Gasteiger partial charge in [0.1, 0.15) is 0 Å². The Balaban J connectivity index is 1.39. The minimum Gasteiger partial charge on any atom is -0.350 e. The molecular weight excluding hydrogens is 354 g/mol. The molecule has 0 aromatic carbocycles. The van der Waals surface area contributed by atoms with Crippen LogP contribution in [0, 0.1) is 5.92 Å². The Bertz CT molecular complexity index is 794. The summed E-state index contributed by atoms with van der Waals surface area (Å²) in [7, 11) is -3.07. The summed E-state index contributed by atoms with van der Waals surface area (Å²) in [6, 6.07) is 6.49. The molecule has 3 heterocycles. The van der Waals surface area contributed by atoms with Crippen molar-refractivity contribution in [1.82, 2.24) is 14.2 Å². The lowest BCUT2D eigenvalue weighted by atomic mass is 10.1. The molecule has 1 atom stereocenters. The first-order chi connectivity index (χ1) is 12.1. The molecule has 25 heavy (non-hydrogen) atoms. The Kier molecular flexibility index (Phi) is 4.99. The van der Waals surface area contributed by atoms with Crippen LogP contribution in [0.1, 0.15) is 30.5 Å². The van der Waals surface area contributed by atoms with E-state index in [0.29, 0.717) is 12.5 Å². The minimum absolute atomic E-state index is 0.132. The Morgan fingerprint density at radius 3 is 2.88 bits per heavy atom. The highest BCUT2D eigenvalue weighted by atomic mass is 32.2. The van der Waals surface area contributed by atoms with Gasteiger partial charge in [0.2, 0.25) is 10.0 Å². The molecule has 5 nitrogen and oxygen atoms in total. The van der Waals surface area contributed by atoms with Crippen molar-refractivity contribution in [3.05, 3.63) is 46.4 Å². The van der Waals surface area contributed by atoms with Crippen LogP contribution in [0.15, 0.2) is 35.2 Å². The number of rotatable bonds is 7. The van der Waals surface area contributed by atoms with E-state index in [-0.39, 0.29) is 5.25 Å². The van der Waals surface area contributed by atoms with E-state index in [0.717, 1.165) is 45.4 Å². The van der Waals surface area contributed by atoms with Crippen LogP contribution in [0.3, 0.4) is 0 Å². The molecule has 136 valence electrons. The van der Waals surface area contributed by atoms with E-state index in [4.69, 9.17) is 0 Å². The van der Waals surface area contributed by atoms with E-state index in [1.807, 2.05) is 0 Å². The largest absolute Gasteiger partial charge is 0.350 e. The summed E-state index contributed by atoms with van der Waals surface area (Å²) in [5, 5.41) is 4.20. The van der Waals surface area contributed by atoms with Crippen LogP contribution in [0.2, 0.25) is 0 Å². The molecule has 1 aliphatic heterocycles. The summed E-state index contributed by atoms with van der Waals surface area (Å²) in [6.07, 6.45) is 4.66. The van der Waals surface area contributed by atoms with E-state index in [2.05, 4.69) is 49.3 Å². The first kappa shape index (κ1) is 17.3. The second kappa shape index (κ2) is 7.23. The summed E-state index contributed by atoms with van der Waals surface area (Å²) in [5.74, 6) is 0.453. The van der Waals surface area contributed by atoms with Crippen molar-refractivity contribution in [2.24, 2.45) is 5.92 Å². The summed E-state index contributed by atoms with van der Waals surface area (Å²) >= 11 is 1.74. The van der Waals surface area contributed by atoms with Gasteiger partial charge in [-0.1, -0.05) is 0 Å². The molecule has 0 bridgehead atoms. The Morgan fingerprint density at radius 1 is 1.24 bits per heavy atom. The van der Waals surface area contributed by atoms with Gasteiger partial charge in [-0.25, -0.2) is 13.1 Å². The highest BCUT2D eigenvalue weighted by Gasteiger charge is 2.35. The van der Waals surface area contributed by atoms with Crippen LogP contribution in [0.4, 0.5) is 0 Å². The molecule has 0 amide bonds. The fraction of sp³-hybridized carbons (Fsp3) is 0.556. The summed E-state index contributed by atoms with van der Waals surface area (Å²) in [5.41, 5.74) is 2.70. The van der Waals surface area contributed by atoms with Crippen molar-refractivity contribution >= 4 is 21.4 Å².